The van der Waals surface area contributed by atoms with Crippen LogP contribution in [0.2, 0.25) is 0 Å². The van der Waals surface area contributed by atoms with Crippen LogP contribution >= 0.6 is 0 Å². The van der Waals surface area contributed by atoms with Gasteiger partial charge in [-0.15, -0.1) is 5.10 Å². The number of hydrogen-bond donors (Lipinski definition) is 2. The lowest BCUT2D eigenvalue weighted by atomic mass is 9.86. The maximum atomic E-state index is 11.3. The molecule has 0 spiro atoms. The fourth-order valence-electron chi connectivity index (χ4n) is 4.60. The van der Waals surface area contributed by atoms with Crippen molar-refractivity contribution < 1.29 is 4.79 Å². The van der Waals surface area contributed by atoms with Gasteiger partial charge in [0.15, 0.2) is 5.82 Å². The molecule has 0 aliphatic carbocycles. The number of primary amides is 1. The predicted octanol–water partition coefficient (Wildman–Crippen LogP) is 2.51. The van der Waals surface area contributed by atoms with Crippen LogP contribution in [-0.2, 0) is 10.3 Å². The predicted molar refractivity (Wildman–Crippen MR) is 132 cm³/mol. The van der Waals surface area contributed by atoms with Crippen molar-refractivity contribution in [2.75, 3.05) is 51.1 Å². The molecule has 1 aliphatic rings. The van der Waals surface area contributed by atoms with Crippen LogP contribution in [0.3, 0.4) is 0 Å². The fraction of sp³-hybridized carbons (Fsp3) is 0.667. The van der Waals surface area contributed by atoms with Gasteiger partial charge in [-0.3, -0.25) is 9.69 Å². The number of carbonyl (C=O) groups excluding carboxylic acids is 1. The van der Waals surface area contributed by atoms with Crippen LogP contribution < -0.4 is 11.1 Å². The lowest BCUT2D eigenvalue weighted by molar-refractivity contribution is -0.119. The number of nitrogens with two attached hydrogens (primary N) is 1. The molecule has 1 aromatic heterocycles. The van der Waals surface area contributed by atoms with Gasteiger partial charge in [0, 0.05) is 24.3 Å². The molecule has 1 aromatic carbocycles. The molecule has 182 valence electrons. The molecule has 1 saturated heterocycles. The van der Waals surface area contributed by atoms with E-state index >= 15 is 0 Å². The fourth-order valence-corrected chi connectivity index (χ4v) is 4.60. The summed E-state index contributed by atoms with van der Waals surface area (Å²) in [6.45, 7) is 16.7. The Hall–Kier alpha value is -2.52. The normalized spacial score (nSPS) is 15.8. The van der Waals surface area contributed by atoms with Gasteiger partial charge in [-0.2, -0.15) is 0 Å². The Labute approximate surface area is 197 Å². The molecular formula is C24H40N8O. The Morgan fingerprint density at radius 2 is 1.91 bits per heavy atom. The number of likely N-dealkylation sites (N-methyl/N-ethyl adjacent to an activating group) is 1. The molecule has 0 unspecified atom stereocenters. The molecule has 1 fully saturated rings. The molecule has 2 aromatic rings. The van der Waals surface area contributed by atoms with Crippen LogP contribution in [0.15, 0.2) is 18.2 Å². The van der Waals surface area contributed by atoms with Crippen molar-refractivity contribution in [1.29, 1.82) is 0 Å². The molecule has 2 heterocycles. The van der Waals surface area contributed by atoms with E-state index in [4.69, 9.17) is 5.73 Å². The van der Waals surface area contributed by atoms with Crippen molar-refractivity contribution in [1.82, 2.24) is 30.0 Å². The third-order valence-electron chi connectivity index (χ3n) is 6.47. The first kappa shape index (κ1) is 25.1. The molecule has 3 N–H and O–H groups in total. The summed E-state index contributed by atoms with van der Waals surface area (Å²) in [6.07, 6.45) is 1.98. The second-order valence-electron chi connectivity index (χ2n) is 9.83. The van der Waals surface area contributed by atoms with E-state index in [1.165, 1.54) is 5.56 Å². The molecule has 9 heteroatoms. The molecule has 0 atom stereocenters. The summed E-state index contributed by atoms with van der Waals surface area (Å²) in [7, 11) is 0. The van der Waals surface area contributed by atoms with Crippen molar-refractivity contribution in [3.63, 3.8) is 0 Å². The summed E-state index contributed by atoms with van der Waals surface area (Å²) >= 11 is 0. The van der Waals surface area contributed by atoms with Crippen LogP contribution in [0.1, 0.15) is 58.9 Å². The molecular weight excluding hydrogens is 416 g/mol. The minimum atomic E-state index is -0.261. The number of benzene rings is 1. The summed E-state index contributed by atoms with van der Waals surface area (Å²) in [5.41, 5.74) is 8.63. The summed E-state index contributed by atoms with van der Waals surface area (Å²) in [6, 6.07) is 6.44. The maximum absolute atomic E-state index is 11.3. The Morgan fingerprint density at radius 3 is 2.52 bits per heavy atom. The average molecular weight is 457 g/mol. The van der Waals surface area contributed by atoms with E-state index in [1.807, 2.05) is 4.68 Å². The third kappa shape index (κ3) is 6.29. The zero-order valence-corrected chi connectivity index (χ0v) is 20.8. The molecule has 1 amide bonds. The number of likely N-dealkylation sites (tertiary alicyclic amines) is 1. The van der Waals surface area contributed by atoms with Gasteiger partial charge < -0.3 is 16.0 Å². The summed E-state index contributed by atoms with van der Waals surface area (Å²) in [5, 5.41) is 16.4. The highest BCUT2D eigenvalue weighted by molar-refractivity contribution is 5.77. The van der Waals surface area contributed by atoms with Crippen molar-refractivity contribution in [2.24, 2.45) is 5.73 Å². The number of piperidine rings is 1. The number of rotatable bonds is 10. The number of tetrazole rings is 1. The summed E-state index contributed by atoms with van der Waals surface area (Å²) in [5.74, 6) is 0.924. The van der Waals surface area contributed by atoms with Crippen molar-refractivity contribution >= 4 is 11.6 Å². The average Bonchev–Trinajstić information content (AvgIpc) is 3.27. The van der Waals surface area contributed by atoms with Gasteiger partial charge in [-0.25, -0.2) is 4.68 Å². The summed E-state index contributed by atoms with van der Waals surface area (Å²) in [4.78, 5) is 15.9. The second kappa shape index (κ2) is 11.1. The van der Waals surface area contributed by atoms with Gasteiger partial charge >= 0.3 is 0 Å². The Kier molecular flexibility index (Phi) is 8.42. The Morgan fingerprint density at radius 1 is 1.21 bits per heavy atom. The molecule has 0 radical (unpaired) electrons. The van der Waals surface area contributed by atoms with E-state index in [0.29, 0.717) is 12.5 Å². The molecule has 33 heavy (non-hydrogen) atoms. The standard InChI is InChI=1S/C24H40N8O/c1-6-30(7-2)16-13-26-22-19(18-11-14-31(15-12-18)17-21(25)33)9-8-10-20(22)23-27-28-29-32(23)24(3,4)5/h8-10,18,26H,6-7,11-17H2,1-5H3,(H2,25,33). The van der Waals surface area contributed by atoms with Gasteiger partial charge in [0.25, 0.3) is 0 Å². The zero-order valence-electron chi connectivity index (χ0n) is 20.8. The minimum Gasteiger partial charge on any atom is -0.383 e. The van der Waals surface area contributed by atoms with Crippen molar-refractivity contribution in [2.45, 2.75) is 58.9 Å². The molecule has 1 aliphatic heterocycles. The third-order valence-corrected chi connectivity index (χ3v) is 6.47. The van der Waals surface area contributed by atoms with Crippen LogP contribution in [-0.4, -0.2) is 81.7 Å². The van der Waals surface area contributed by atoms with Crippen LogP contribution in [0.25, 0.3) is 11.4 Å². The highest BCUT2D eigenvalue weighted by atomic mass is 16.1. The van der Waals surface area contributed by atoms with E-state index in [0.717, 1.165) is 69.2 Å². The van der Waals surface area contributed by atoms with Gasteiger partial charge in [0.1, 0.15) is 0 Å². The molecule has 9 nitrogen and oxygen atoms in total. The van der Waals surface area contributed by atoms with E-state index in [9.17, 15) is 4.79 Å². The van der Waals surface area contributed by atoms with Gasteiger partial charge in [0.2, 0.25) is 5.91 Å². The second-order valence-corrected chi connectivity index (χ2v) is 9.83. The maximum Gasteiger partial charge on any atom is 0.231 e. The van der Waals surface area contributed by atoms with Crippen molar-refractivity contribution in [3.05, 3.63) is 23.8 Å². The van der Waals surface area contributed by atoms with Crippen molar-refractivity contribution in [3.8, 4) is 11.4 Å². The highest BCUT2D eigenvalue weighted by Crippen LogP contribution is 2.39. The monoisotopic (exact) mass is 456 g/mol. The molecule has 0 saturated carbocycles. The first-order chi connectivity index (χ1) is 15.7. The quantitative estimate of drug-likeness (QED) is 0.566. The van der Waals surface area contributed by atoms with E-state index in [2.05, 4.69) is 83.5 Å². The van der Waals surface area contributed by atoms with Gasteiger partial charge in [-0.05, 0) is 87.8 Å². The Balaban J connectivity index is 1.92. The zero-order chi connectivity index (χ0) is 24.0. The van der Waals surface area contributed by atoms with E-state index in [-0.39, 0.29) is 11.4 Å². The number of nitrogens with one attached hydrogen (secondary N) is 1. The first-order valence-corrected chi connectivity index (χ1v) is 12.1. The molecule has 3 rings (SSSR count). The summed E-state index contributed by atoms with van der Waals surface area (Å²) < 4.78 is 1.90. The Bertz CT molecular complexity index is 907. The lowest BCUT2D eigenvalue weighted by Crippen LogP contribution is -2.39. The number of nitrogens with zero attached hydrogens (tertiary/aromatic N) is 6. The first-order valence-electron chi connectivity index (χ1n) is 12.1. The number of aromatic nitrogens is 4. The SMILES string of the molecule is CCN(CC)CCNc1c(-c2nnnn2C(C)(C)C)cccc1C1CCN(CC(N)=O)CC1. The number of amides is 1. The van der Waals surface area contributed by atoms with Gasteiger partial charge in [-0.1, -0.05) is 26.0 Å². The smallest absolute Gasteiger partial charge is 0.231 e. The molecule has 0 bridgehead atoms. The van der Waals surface area contributed by atoms with Crippen LogP contribution in [0, 0.1) is 0 Å². The minimum absolute atomic E-state index is 0.229. The number of para-hydroxylation sites is 1. The number of anilines is 1. The topological polar surface area (TPSA) is 105 Å². The van der Waals surface area contributed by atoms with Crippen LogP contribution in [0.5, 0.6) is 0 Å². The number of carbonyl (C=O) groups is 1. The van der Waals surface area contributed by atoms with E-state index in [1.54, 1.807) is 0 Å². The van der Waals surface area contributed by atoms with Crippen LogP contribution in [0.4, 0.5) is 5.69 Å². The number of hydrogen-bond acceptors (Lipinski definition) is 7. The van der Waals surface area contributed by atoms with Gasteiger partial charge in [0.05, 0.1) is 12.1 Å². The largest absolute Gasteiger partial charge is 0.383 e. The van der Waals surface area contributed by atoms with E-state index < -0.39 is 0 Å². The highest BCUT2D eigenvalue weighted by Gasteiger charge is 2.27. The lowest BCUT2D eigenvalue weighted by Gasteiger charge is -2.33.